The molecule has 0 saturated carbocycles. The van der Waals surface area contributed by atoms with Crippen LogP contribution in [-0.2, 0) is 9.53 Å². The van der Waals surface area contributed by atoms with Crippen LogP contribution in [0.5, 0.6) is 0 Å². The molecule has 0 aliphatic carbocycles. The van der Waals surface area contributed by atoms with Crippen molar-refractivity contribution in [1.29, 1.82) is 0 Å². The highest BCUT2D eigenvalue weighted by molar-refractivity contribution is 6.13. The van der Waals surface area contributed by atoms with E-state index in [1.165, 1.54) is 5.56 Å². The number of benzene rings is 2. The number of carbonyl (C=O) groups excluding carboxylic acids is 1. The Hall–Kier alpha value is -2.68. The summed E-state index contributed by atoms with van der Waals surface area (Å²) in [6.07, 6.45) is 1.76. The van der Waals surface area contributed by atoms with Crippen LogP contribution in [0.25, 0.3) is 6.08 Å². The Labute approximate surface area is 136 Å². The maximum absolute atomic E-state index is 12.0. The van der Waals surface area contributed by atoms with Crippen molar-refractivity contribution in [3.05, 3.63) is 76.5 Å². The van der Waals surface area contributed by atoms with Gasteiger partial charge in [-0.1, -0.05) is 56.3 Å². The van der Waals surface area contributed by atoms with Gasteiger partial charge in [-0.05, 0) is 41.7 Å². The van der Waals surface area contributed by atoms with Gasteiger partial charge in [0.25, 0.3) is 0 Å². The number of aliphatic imine (C=N–C) groups is 1. The Kier molecular flexibility index (Phi) is 4.11. The second kappa shape index (κ2) is 6.21. The van der Waals surface area contributed by atoms with E-state index in [1.54, 1.807) is 6.08 Å². The maximum Gasteiger partial charge on any atom is 0.363 e. The zero-order valence-electron chi connectivity index (χ0n) is 13.5. The van der Waals surface area contributed by atoms with Crippen molar-refractivity contribution in [1.82, 2.24) is 0 Å². The minimum Gasteiger partial charge on any atom is -0.402 e. The summed E-state index contributed by atoms with van der Waals surface area (Å²) in [5, 5.41) is 0. The fraction of sp³-hybridized carbons (Fsp3) is 0.200. The van der Waals surface area contributed by atoms with E-state index in [1.807, 2.05) is 43.3 Å². The monoisotopic (exact) mass is 305 g/mol. The summed E-state index contributed by atoms with van der Waals surface area (Å²) >= 11 is 0. The quantitative estimate of drug-likeness (QED) is 0.620. The first-order chi connectivity index (χ1) is 11.0. The van der Waals surface area contributed by atoms with Crippen LogP contribution in [0.1, 0.15) is 42.0 Å². The van der Waals surface area contributed by atoms with E-state index in [-0.39, 0.29) is 0 Å². The Morgan fingerprint density at radius 1 is 1.04 bits per heavy atom. The third-order valence-electron chi connectivity index (χ3n) is 3.90. The van der Waals surface area contributed by atoms with Crippen molar-refractivity contribution in [3.63, 3.8) is 0 Å². The van der Waals surface area contributed by atoms with E-state index in [0.717, 1.165) is 16.7 Å². The third-order valence-corrected chi connectivity index (χ3v) is 3.90. The fourth-order valence-corrected chi connectivity index (χ4v) is 2.47. The molecule has 2 aromatic carbocycles. The average molecular weight is 305 g/mol. The van der Waals surface area contributed by atoms with E-state index < -0.39 is 5.97 Å². The number of cyclic esters (lactones) is 1. The molecule has 0 fully saturated rings. The molecule has 0 amide bonds. The SMILES string of the molecule is Cc1ccccc1C1=NC(=Cc2ccc(C(C)C)cc2)C(=O)O1. The number of carbonyl (C=O) groups is 1. The van der Waals surface area contributed by atoms with Gasteiger partial charge < -0.3 is 4.74 Å². The van der Waals surface area contributed by atoms with Gasteiger partial charge in [0.05, 0.1) is 0 Å². The molecule has 0 N–H and O–H groups in total. The lowest BCUT2D eigenvalue weighted by Crippen LogP contribution is -2.06. The van der Waals surface area contributed by atoms with Gasteiger partial charge in [0.2, 0.25) is 5.90 Å². The van der Waals surface area contributed by atoms with Crippen LogP contribution in [0.15, 0.2) is 59.2 Å². The molecular weight excluding hydrogens is 286 g/mol. The molecule has 1 heterocycles. The highest BCUT2D eigenvalue weighted by Crippen LogP contribution is 2.22. The number of aryl methyl sites for hydroxylation is 1. The Morgan fingerprint density at radius 2 is 1.74 bits per heavy atom. The maximum atomic E-state index is 12.0. The number of esters is 1. The first-order valence-electron chi connectivity index (χ1n) is 7.73. The lowest BCUT2D eigenvalue weighted by molar-refractivity contribution is -0.129. The molecule has 0 bridgehead atoms. The zero-order valence-corrected chi connectivity index (χ0v) is 13.5. The molecule has 1 aliphatic rings. The minimum absolute atomic E-state index is 0.334. The molecule has 0 radical (unpaired) electrons. The van der Waals surface area contributed by atoms with Crippen molar-refractivity contribution in [2.24, 2.45) is 4.99 Å². The van der Waals surface area contributed by atoms with E-state index >= 15 is 0 Å². The first kappa shape index (κ1) is 15.2. The second-order valence-corrected chi connectivity index (χ2v) is 5.97. The largest absolute Gasteiger partial charge is 0.402 e. The molecule has 0 aromatic heterocycles. The predicted octanol–water partition coefficient (Wildman–Crippen LogP) is 4.46. The van der Waals surface area contributed by atoms with Gasteiger partial charge in [-0.15, -0.1) is 0 Å². The fourth-order valence-electron chi connectivity index (χ4n) is 2.47. The molecule has 116 valence electrons. The summed E-state index contributed by atoms with van der Waals surface area (Å²) in [5.41, 5.74) is 4.42. The standard InChI is InChI=1S/C20H19NO2/c1-13(2)16-10-8-15(9-11-16)12-18-20(22)23-19(21-18)17-7-5-4-6-14(17)3/h4-13H,1-3H3. The summed E-state index contributed by atoms with van der Waals surface area (Å²) in [4.78, 5) is 16.4. The highest BCUT2D eigenvalue weighted by atomic mass is 16.6. The molecule has 0 saturated heterocycles. The van der Waals surface area contributed by atoms with Gasteiger partial charge in [0.1, 0.15) is 0 Å². The van der Waals surface area contributed by atoms with E-state index in [0.29, 0.717) is 17.5 Å². The molecule has 3 nitrogen and oxygen atoms in total. The summed E-state index contributed by atoms with van der Waals surface area (Å²) in [7, 11) is 0. The van der Waals surface area contributed by atoms with Crippen LogP contribution in [-0.4, -0.2) is 11.9 Å². The molecule has 3 rings (SSSR count). The van der Waals surface area contributed by atoms with Crippen molar-refractivity contribution >= 4 is 17.9 Å². The van der Waals surface area contributed by atoms with Crippen LogP contribution in [0.3, 0.4) is 0 Å². The van der Waals surface area contributed by atoms with Crippen LogP contribution in [0, 0.1) is 6.92 Å². The first-order valence-corrected chi connectivity index (χ1v) is 7.73. The summed E-state index contributed by atoms with van der Waals surface area (Å²) in [5.74, 6) is 0.452. The van der Waals surface area contributed by atoms with Crippen molar-refractivity contribution in [2.75, 3.05) is 0 Å². The number of ether oxygens (including phenoxy) is 1. The highest BCUT2D eigenvalue weighted by Gasteiger charge is 2.24. The van der Waals surface area contributed by atoms with Crippen molar-refractivity contribution in [2.45, 2.75) is 26.7 Å². The molecule has 0 spiro atoms. The number of hydrogen-bond donors (Lipinski definition) is 0. The smallest absolute Gasteiger partial charge is 0.363 e. The second-order valence-electron chi connectivity index (χ2n) is 5.97. The Balaban J connectivity index is 1.90. The third kappa shape index (κ3) is 3.24. The molecule has 2 aromatic rings. The molecule has 0 unspecified atom stereocenters. The molecule has 3 heteroatoms. The summed E-state index contributed by atoms with van der Waals surface area (Å²) in [6, 6.07) is 15.9. The molecule has 1 aliphatic heterocycles. The lowest BCUT2D eigenvalue weighted by atomic mass is 10.0. The van der Waals surface area contributed by atoms with Crippen LogP contribution < -0.4 is 0 Å². The van der Waals surface area contributed by atoms with E-state index in [2.05, 4.69) is 31.0 Å². The van der Waals surface area contributed by atoms with Crippen molar-refractivity contribution < 1.29 is 9.53 Å². The minimum atomic E-state index is -0.406. The van der Waals surface area contributed by atoms with Crippen molar-refractivity contribution in [3.8, 4) is 0 Å². The van der Waals surface area contributed by atoms with Gasteiger partial charge in [-0.3, -0.25) is 0 Å². The molecule has 0 atom stereocenters. The Morgan fingerprint density at radius 3 is 2.39 bits per heavy atom. The van der Waals surface area contributed by atoms with Crippen LogP contribution in [0.2, 0.25) is 0 Å². The number of hydrogen-bond acceptors (Lipinski definition) is 3. The topological polar surface area (TPSA) is 38.7 Å². The predicted molar refractivity (Wildman–Crippen MR) is 92.3 cm³/mol. The van der Waals surface area contributed by atoms with E-state index in [4.69, 9.17) is 4.74 Å². The number of rotatable bonds is 3. The van der Waals surface area contributed by atoms with Gasteiger partial charge in [-0.2, -0.15) is 0 Å². The van der Waals surface area contributed by atoms with Gasteiger partial charge in [0.15, 0.2) is 5.70 Å². The summed E-state index contributed by atoms with van der Waals surface area (Å²) < 4.78 is 5.32. The normalized spacial score (nSPS) is 15.9. The zero-order chi connectivity index (χ0) is 16.4. The van der Waals surface area contributed by atoms with E-state index in [9.17, 15) is 4.79 Å². The van der Waals surface area contributed by atoms with Crippen LogP contribution in [0.4, 0.5) is 0 Å². The molecular formula is C20H19NO2. The summed E-state index contributed by atoms with van der Waals surface area (Å²) in [6.45, 7) is 6.28. The Bertz CT molecular complexity index is 799. The van der Waals surface area contributed by atoms with Crippen LogP contribution >= 0.6 is 0 Å². The number of nitrogens with zero attached hydrogens (tertiary/aromatic N) is 1. The van der Waals surface area contributed by atoms with Gasteiger partial charge >= 0.3 is 5.97 Å². The lowest BCUT2D eigenvalue weighted by Gasteiger charge is -2.04. The van der Waals surface area contributed by atoms with Gasteiger partial charge in [-0.25, -0.2) is 9.79 Å². The molecule has 23 heavy (non-hydrogen) atoms. The average Bonchev–Trinajstić information content (AvgIpc) is 2.89. The van der Waals surface area contributed by atoms with Gasteiger partial charge in [0, 0.05) is 5.56 Å².